The fourth-order valence-corrected chi connectivity index (χ4v) is 2.64. The number of ether oxygens (including phenoxy) is 1. The summed E-state index contributed by atoms with van der Waals surface area (Å²) in [7, 11) is 0. The van der Waals surface area contributed by atoms with Gasteiger partial charge in [0.15, 0.2) is 0 Å². The van der Waals surface area contributed by atoms with E-state index in [1.54, 1.807) is 6.20 Å². The van der Waals surface area contributed by atoms with Crippen molar-refractivity contribution in [2.24, 2.45) is 0 Å². The van der Waals surface area contributed by atoms with Crippen LogP contribution in [0.15, 0.2) is 6.20 Å². The van der Waals surface area contributed by atoms with Gasteiger partial charge in [-0.15, -0.1) is 4.37 Å². The van der Waals surface area contributed by atoms with E-state index in [0.29, 0.717) is 17.2 Å². The quantitative estimate of drug-likeness (QED) is 0.730. The highest BCUT2D eigenvalue weighted by Gasteiger charge is 2.41. The number of hydrogen-bond donors (Lipinski definition) is 2. The average molecular weight is 275 g/mol. The maximum absolute atomic E-state index is 9.70. The molecule has 0 amide bonds. The van der Waals surface area contributed by atoms with Gasteiger partial charge in [-0.25, -0.2) is 0 Å². The second-order valence-electron chi connectivity index (χ2n) is 4.23. The lowest BCUT2D eigenvalue weighted by atomic mass is 10.3. The fraction of sp³-hybridized carbons (Fsp3) is 0.800. The van der Waals surface area contributed by atoms with Crippen molar-refractivity contribution < 1.29 is 9.84 Å². The van der Waals surface area contributed by atoms with Gasteiger partial charge in [0.1, 0.15) is 18.9 Å². The predicted molar refractivity (Wildman–Crippen MR) is 69.8 cm³/mol. The third-order valence-electron chi connectivity index (χ3n) is 2.83. The molecule has 1 aliphatic carbocycles. The summed E-state index contributed by atoms with van der Waals surface area (Å²) in [4.78, 5) is 0. The average Bonchev–Trinajstić information content (AvgIpc) is 2.92. The van der Waals surface area contributed by atoms with E-state index in [9.17, 15) is 5.11 Å². The molecule has 0 bridgehead atoms. The van der Waals surface area contributed by atoms with E-state index in [1.165, 1.54) is 12.8 Å². The first-order valence-electron chi connectivity index (χ1n) is 5.58. The van der Waals surface area contributed by atoms with Crippen molar-refractivity contribution in [3.63, 3.8) is 0 Å². The van der Waals surface area contributed by atoms with E-state index in [4.69, 9.17) is 4.74 Å². The summed E-state index contributed by atoms with van der Waals surface area (Å²) < 4.78 is 13.4. The molecule has 1 aromatic rings. The predicted octanol–water partition coefficient (Wildman–Crippen LogP) is 0.763. The monoisotopic (exact) mass is 275 g/mol. The molecule has 1 aromatic heterocycles. The van der Waals surface area contributed by atoms with E-state index in [2.05, 4.69) is 20.3 Å². The molecule has 1 aliphatic rings. The Labute approximate surface area is 109 Å². The number of nitrogens with one attached hydrogen (secondary N) is 1. The minimum absolute atomic E-state index is 0.255. The third kappa shape index (κ3) is 4.09. The molecule has 7 heteroatoms. The van der Waals surface area contributed by atoms with Crippen LogP contribution in [0.1, 0.15) is 12.8 Å². The SMILES string of the molecule is CSC1(CNCC(O)COc2cnsn2)CC1. The first-order valence-corrected chi connectivity index (χ1v) is 7.54. The zero-order chi connectivity index (χ0) is 12.1. The Hall–Kier alpha value is -0.370. The summed E-state index contributed by atoms with van der Waals surface area (Å²) in [6.45, 7) is 1.77. The molecular formula is C10H17N3O2S2. The summed E-state index contributed by atoms with van der Waals surface area (Å²) in [6, 6.07) is 0. The highest BCUT2D eigenvalue weighted by molar-refractivity contribution is 8.00. The summed E-state index contributed by atoms with van der Waals surface area (Å²) in [5, 5.41) is 13.0. The second kappa shape index (κ2) is 5.99. The molecule has 2 N–H and O–H groups in total. The van der Waals surface area contributed by atoms with Crippen LogP contribution in [0.5, 0.6) is 5.88 Å². The van der Waals surface area contributed by atoms with Crippen molar-refractivity contribution in [1.82, 2.24) is 14.1 Å². The number of nitrogens with zero attached hydrogens (tertiary/aromatic N) is 2. The maximum Gasteiger partial charge on any atom is 0.245 e. The van der Waals surface area contributed by atoms with Crippen LogP contribution in [0.25, 0.3) is 0 Å². The van der Waals surface area contributed by atoms with E-state index < -0.39 is 6.10 Å². The molecular weight excluding hydrogens is 258 g/mol. The molecule has 1 fully saturated rings. The minimum Gasteiger partial charge on any atom is -0.473 e. The Morgan fingerprint density at radius 2 is 2.53 bits per heavy atom. The molecule has 0 saturated heterocycles. The van der Waals surface area contributed by atoms with Crippen molar-refractivity contribution in [3.8, 4) is 5.88 Å². The van der Waals surface area contributed by atoms with Crippen molar-refractivity contribution in [2.45, 2.75) is 23.7 Å². The molecule has 1 saturated carbocycles. The lowest BCUT2D eigenvalue weighted by molar-refractivity contribution is 0.104. The Morgan fingerprint density at radius 1 is 1.71 bits per heavy atom. The van der Waals surface area contributed by atoms with Gasteiger partial charge in [0.05, 0.1) is 11.7 Å². The first-order chi connectivity index (χ1) is 8.24. The number of aliphatic hydroxyl groups is 1. The van der Waals surface area contributed by atoms with Crippen molar-refractivity contribution >= 4 is 23.5 Å². The highest BCUT2D eigenvalue weighted by atomic mass is 32.2. The van der Waals surface area contributed by atoms with Gasteiger partial charge in [-0.05, 0) is 19.1 Å². The van der Waals surface area contributed by atoms with Crippen molar-refractivity contribution in [1.29, 1.82) is 0 Å². The summed E-state index contributed by atoms with van der Waals surface area (Å²) in [5.74, 6) is 0.483. The normalized spacial score (nSPS) is 18.9. The Kier molecular flexibility index (Phi) is 4.61. The lowest BCUT2D eigenvalue weighted by Gasteiger charge is -2.15. The van der Waals surface area contributed by atoms with Gasteiger partial charge in [-0.2, -0.15) is 16.1 Å². The zero-order valence-corrected chi connectivity index (χ0v) is 11.4. The highest BCUT2D eigenvalue weighted by Crippen LogP contribution is 2.46. The smallest absolute Gasteiger partial charge is 0.245 e. The molecule has 1 unspecified atom stereocenters. The van der Waals surface area contributed by atoms with E-state index in [-0.39, 0.29) is 6.61 Å². The zero-order valence-electron chi connectivity index (χ0n) is 9.76. The van der Waals surface area contributed by atoms with Gasteiger partial charge < -0.3 is 15.2 Å². The van der Waals surface area contributed by atoms with Gasteiger partial charge in [-0.1, -0.05) is 0 Å². The summed E-state index contributed by atoms with van der Waals surface area (Å²) in [6.07, 6.45) is 5.74. The Bertz CT molecular complexity index is 330. The topological polar surface area (TPSA) is 67.3 Å². The van der Waals surface area contributed by atoms with Crippen LogP contribution in [0, 0.1) is 0 Å². The van der Waals surface area contributed by atoms with Gasteiger partial charge in [0, 0.05) is 17.8 Å². The molecule has 17 heavy (non-hydrogen) atoms. The van der Waals surface area contributed by atoms with Gasteiger partial charge >= 0.3 is 0 Å². The van der Waals surface area contributed by atoms with Crippen molar-refractivity contribution in [2.75, 3.05) is 26.0 Å². The van der Waals surface area contributed by atoms with Crippen LogP contribution in [0.3, 0.4) is 0 Å². The summed E-state index contributed by atoms with van der Waals surface area (Å²) >= 11 is 3.01. The maximum atomic E-state index is 9.70. The van der Waals surface area contributed by atoms with Crippen LogP contribution >= 0.6 is 23.5 Å². The molecule has 5 nitrogen and oxygen atoms in total. The van der Waals surface area contributed by atoms with Crippen LogP contribution in [0.4, 0.5) is 0 Å². The first kappa shape index (κ1) is 13.1. The van der Waals surface area contributed by atoms with Crippen molar-refractivity contribution in [3.05, 3.63) is 6.20 Å². The number of thioether (sulfide) groups is 1. The molecule has 0 aromatic carbocycles. The van der Waals surface area contributed by atoms with E-state index >= 15 is 0 Å². The number of aromatic nitrogens is 2. The second-order valence-corrected chi connectivity index (χ2v) is 6.06. The van der Waals surface area contributed by atoms with E-state index in [1.807, 2.05) is 11.8 Å². The number of aliphatic hydroxyl groups excluding tert-OH is 1. The van der Waals surface area contributed by atoms with Gasteiger partial charge in [-0.3, -0.25) is 0 Å². The number of hydrogen-bond acceptors (Lipinski definition) is 7. The van der Waals surface area contributed by atoms with Crippen LogP contribution < -0.4 is 10.1 Å². The molecule has 1 atom stereocenters. The number of rotatable bonds is 8. The molecule has 1 heterocycles. The van der Waals surface area contributed by atoms with Crippen LogP contribution in [-0.2, 0) is 0 Å². The molecule has 0 radical (unpaired) electrons. The van der Waals surface area contributed by atoms with Crippen LogP contribution in [-0.4, -0.2) is 50.7 Å². The van der Waals surface area contributed by atoms with Gasteiger partial charge in [0.2, 0.25) is 5.88 Å². The largest absolute Gasteiger partial charge is 0.473 e. The molecule has 96 valence electrons. The third-order valence-corrected chi connectivity index (χ3v) is 4.71. The van der Waals surface area contributed by atoms with Gasteiger partial charge in [0.25, 0.3) is 0 Å². The minimum atomic E-state index is -0.505. The summed E-state index contributed by atoms with van der Waals surface area (Å²) in [5.41, 5.74) is 0. The molecule has 2 rings (SSSR count). The molecule has 0 spiro atoms. The Morgan fingerprint density at radius 3 is 3.12 bits per heavy atom. The molecule has 0 aliphatic heterocycles. The Balaban J connectivity index is 1.56. The lowest BCUT2D eigenvalue weighted by Crippen LogP contribution is -2.35. The standard InChI is InChI=1S/C10H17N3O2S2/c1-16-10(2-3-10)7-11-4-8(14)6-15-9-5-12-17-13-9/h5,8,11,14H,2-4,6-7H2,1H3. The van der Waals surface area contributed by atoms with E-state index in [0.717, 1.165) is 18.3 Å². The fourth-order valence-electron chi connectivity index (χ4n) is 1.52. The van der Waals surface area contributed by atoms with Crippen LogP contribution in [0.2, 0.25) is 0 Å².